The van der Waals surface area contributed by atoms with Crippen molar-refractivity contribution < 1.29 is 29.4 Å². The molecule has 0 fully saturated rings. The average Bonchev–Trinajstić information content (AvgIpc) is 2.77. The number of nitrogens with two attached hydrogens (primary N) is 2. The normalized spacial score (nSPS) is 15.7. The summed E-state index contributed by atoms with van der Waals surface area (Å²) in [6.45, 7) is 3.39. The first-order chi connectivity index (χ1) is 15.1. The van der Waals surface area contributed by atoms with Crippen molar-refractivity contribution >= 4 is 35.5 Å². The Morgan fingerprint density at radius 3 is 2.03 bits per heavy atom. The van der Waals surface area contributed by atoms with Crippen molar-refractivity contribution in [2.45, 2.75) is 70.1 Å². The predicted octanol–water partition coefficient (Wildman–Crippen LogP) is -1.23. The second kappa shape index (κ2) is 16.7. The number of aliphatic hydroxyl groups excluding tert-OH is 1. The van der Waals surface area contributed by atoms with Crippen LogP contribution in [0.25, 0.3) is 0 Å². The van der Waals surface area contributed by atoms with E-state index in [2.05, 4.69) is 16.0 Å². The van der Waals surface area contributed by atoms with Gasteiger partial charge in [0.05, 0.1) is 6.61 Å². The first-order valence-corrected chi connectivity index (χ1v) is 12.2. The van der Waals surface area contributed by atoms with Gasteiger partial charge in [-0.3, -0.25) is 14.4 Å². The number of carbonyl (C=O) groups excluding carboxylic acids is 3. The molecule has 11 nitrogen and oxygen atoms in total. The van der Waals surface area contributed by atoms with Crippen LogP contribution in [0.5, 0.6) is 0 Å². The Morgan fingerprint density at radius 1 is 0.969 bits per heavy atom. The van der Waals surface area contributed by atoms with Crippen molar-refractivity contribution in [3.05, 3.63) is 0 Å². The molecule has 0 rings (SSSR count). The van der Waals surface area contributed by atoms with Crippen molar-refractivity contribution in [3.63, 3.8) is 0 Å². The highest BCUT2D eigenvalue weighted by Crippen LogP contribution is 2.10. The summed E-state index contributed by atoms with van der Waals surface area (Å²) >= 11 is 1.48. The lowest BCUT2D eigenvalue weighted by atomic mass is 9.98. The quantitative estimate of drug-likeness (QED) is 0.125. The number of hydrogen-bond acceptors (Lipinski definition) is 8. The zero-order chi connectivity index (χ0) is 24.7. The molecule has 9 N–H and O–H groups in total. The van der Waals surface area contributed by atoms with Gasteiger partial charge in [-0.15, -0.1) is 0 Å². The Labute approximate surface area is 193 Å². The number of aliphatic carboxylic acids is 1. The zero-order valence-corrected chi connectivity index (χ0v) is 20.0. The maximum Gasteiger partial charge on any atom is 0.326 e. The molecule has 0 aromatic heterocycles. The standard InChI is InChI=1S/C20H39N5O6S/c1-4-12(2)16(20(30)31)25-19(29)14(7-5-6-9-21)24-18(28)15(8-10-32-3)23-17(27)13(22)11-26/h12-16,26H,4-11,21-22H2,1-3H3,(H,23,27)(H,24,28)(H,25,29)(H,30,31). The van der Waals surface area contributed by atoms with Crippen molar-refractivity contribution in [3.8, 4) is 0 Å². The zero-order valence-electron chi connectivity index (χ0n) is 19.1. The minimum Gasteiger partial charge on any atom is -0.480 e. The van der Waals surface area contributed by atoms with Crippen LogP contribution in [0.4, 0.5) is 0 Å². The number of nitrogens with one attached hydrogen (secondary N) is 3. The van der Waals surface area contributed by atoms with E-state index in [1.165, 1.54) is 11.8 Å². The van der Waals surface area contributed by atoms with Gasteiger partial charge in [-0.05, 0) is 50.2 Å². The molecule has 0 saturated heterocycles. The number of carbonyl (C=O) groups is 4. The van der Waals surface area contributed by atoms with Gasteiger partial charge >= 0.3 is 5.97 Å². The number of aliphatic hydroxyl groups is 1. The minimum absolute atomic E-state index is 0.265. The molecular weight excluding hydrogens is 438 g/mol. The molecule has 5 atom stereocenters. The van der Waals surface area contributed by atoms with E-state index in [4.69, 9.17) is 16.6 Å². The van der Waals surface area contributed by atoms with E-state index in [9.17, 15) is 24.3 Å². The van der Waals surface area contributed by atoms with E-state index in [-0.39, 0.29) is 12.3 Å². The number of hydrogen-bond donors (Lipinski definition) is 7. The molecule has 0 aliphatic carbocycles. The number of rotatable bonds is 17. The van der Waals surface area contributed by atoms with Gasteiger partial charge in [0.15, 0.2) is 0 Å². The predicted molar refractivity (Wildman–Crippen MR) is 124 cm³/mol. The van der Waals surface area contributed by atoms with Gasteiger partial charge in [0.2, 0.25) is 17.7 Å². The Bertz CT molecular complexity index is 609. The summed E-state index contributed by atoms with van der Waals surface area (Å²) in [7, 11) is 0. The monoisotopic (exact) mass is 477 g/mol. The van der Waals surface area contributed by atoms with Crippen LogP contribution in [-0.4, -0.2) is 83.2 Å². The van der Waals surface area contributed by atoms with Gasteiger partial charge in [-0.2, -0.15) is 11.8 Å². The third-order valence-corrected chi connectivity index (χ3v) is 5.78. The molecule has 0 aromatic carbocycles. The van der Waals surface area contributed by atoms with Crippen LogP contribution in [0.2, 0.25) is 0 Å². The van der Waals surface area contributed by atoms with Gasteiger partial charge in [0, 0.05) is 0 Å². The van der Waals surface area contributed by atoms with E-state index < -0.39 is 54.5 Å². The van der Waals surface area contributed by atoms with Crippen LogP contribution in [-0.2, 0) is 19.2 Å². The second-order valence-corrected chi connectivity index (χ2v) is 8.67. The lowest BCUT2D eigenvalue weighted by Gasteiger charge is -2.26. The largest absolute Gasteiger partial charge is 0.480 e. The van der Waals surface area contributed by atoms with Crippen LogP contribution in [0.1, 0.15) is 46.0 Å². The van der Waals surface area contributed by atoms with Crippen LogP contribution >= 0.6 is 11.8 Å². The van der Waals surface area contributed by atoms with Gasteiger partial charge in [-0.25, -0.2) is 4.79 Å². The van der Waals surface area contributed by atoms with E-state index in [1.807, 2.05) is 13.2 Å². The second-order valence-electron chi connectivity index (χ2n) is 7.69. The highest BCUT2D eigenvalue weighted by Gasteiger charge is 2.31. The van der Waals surface area contributed by atoms with E-state index in [0.29, 0.717) is 38.0 Å². The molecular formula is C20H39N5O6S. The molecule has 3 amide bonds. The van der Waals surface area contributed by atoms with Crippen LogP contribution in [0.15, 0.2) is 0 Å². The van der Waals surface area contributed by atoms with Crippen LogP contribution < -0.4 is 27.4 Å². The molecule has 0 bridgehead atoms. The Kier molecular flexibility index (Phi) is 15.7. The Hall–Kier alpha value is -1.89. The lowest BCUT2D eigenvalue weighted by Crippen LogP contribution is -2.58. The van der Waals surface area contributed by atoms with Crippen molar-refractivity contribution in [1.82, 2.24) is 16.0 Å². The number of carboxylic acids is 1. The van der Waals surface area contributed by atoms with Crippen molar-refractivity contribution in [2.75, 3.05) is 25.2 Å². The SMILES string of the molecule is CCC(C)C(NC(=O)C(CCCCN)NC(=O)C(CCSC)NC(=O)C(N)CO)C(=O)O. The molecule has 0 aliphatic rings. The summed E-state index contributed by atoms with van der Waals surface area (Å²) in [6.07, 6.45) is 4.13. The third kappa shape index (κ3) is 11.1. The smallest absolute Gasteiger partial charge is 0.326 e. The first-order valence-electron chi connectivity index (χ1n) is 10.8. The van der Waals surface area contributed by atoms with Crippen molar-refractivity contribution in [1.29, 1.82) is 0 Å². The maximum atomic E-state index is 12.9. The van der Waals surface area contributed by atoms with Crippen LogP contribution in [0.3, 0.4) is 0 Å². The fourth-order valence-electron chi connectivity index (χ4n) is 2.84. The summed E-state index contributed by atoms with van der Waals surface area (Å²) in [5, 5.41) is 26.2. The van der Waals surface area contributed by atoms with E-state index >= 15 is 0 Å². The Morgan fingerprint density at radius 2 is 1.53 bits per heavy atom. The van der Waals surface area contributed by atoms with E-state index in [1.54, 1.807) is 6.92 Å². The van der Waals surface area contributed by atoms with Gasteiger partial charge in [0.1, 0.15) is 24.2 Å². The summed E-state index contributed by atoms with van der Waals surface area (Å²) in [5.41, 5.74) is 11.0. The highest BCUT2D eigenvalue weighted by atomic mass is 32.2. The first kappa shape index (κ1) is 30.1. The fourth-order valence-corrected chi connectivity index (χ4v) is 3.31. The summed E-state index contributed by atoms with van der Waals surface area (Å²) < 4.78 is 0. The van der Waals surface area contributed by atoms with E-state index in [0.717, 1.165) is 0 Å². The molecule has 0 aliphatic heterocycles. The molecule has 0 saturated carbocycles. The average molecular weight is 478 g/mol. The number of unbranched alkanes of at least 4 members (excludes halogenated alkanes) is 1. The molecule has 5 unspecified atom stereocenters. The summed E-state index contributed by atoms with van der Waals surface area (Å²) in [5.74, 6) is -2.76. The number of carboxylic acid groups (broad SMARTS) is 1. The topological polar surface area (TPSA) is 197 Å². The molecule has 0 radical (unpaired) electrons. The van der Waals surface area contributed by atoms with Gasteiger partial charge in [-0.1, -0.05) is 20.3 Å². The minimum atomic E-state index is -1.17. The highest BCUT2D eigenvalue weighted by molar-refractivity contribution is 7.98. The molecule has 0 heterocycles. The molecule has 12 heteroatoms. The van der Waals surface area contributed by atoms with Crippen molar-refractivity contribution in [2.24, 2.45) is 17.4 Å². The lowest BCUT2D eigenvalue weighted by molar-refractivity contribution is -0.144. The molecule has 0 spiro atoms. The third-order valence-electron chi connectivity index (χ3n) is 5.13. The summed E-state index contributed by atoms with van der Waals surface area (Å²) in [6, 6.07) is -4.20. The van der Waals surface area contributed by atoms with Gasteiger partial charge < -0.3 is 37.6 Å². The molecule has 32 heavy (non-hydrogen) atoms. The fraction of sp³-hybridized carbons (Fsp3) is 0.800. The maximum absolute atomic E-state index is 12.9. The Balaban J connectivity index is 5.46. The van der Waals surface area contributed by atoms with Crippen LogP contribution in [0, 0.1) is 5.92 Å². The van der Waals surface area contributed by atoms with Gasteiger partial charge in [0.25, 0.3) is 0 Å². The number of thioether (sulfide) groups is 1. The summed E-state index contributed by atoms with van der Waals surface area (Å²) in [4.78, 5) is 49.4. The molecule has 186 valence electrons. The number of amides is 3. The molecule has 0 aromatic rings.